The SMILES string of the molecule is CC(NC(=O)OCC1c2ccccc2-c2ccccc21)(C(=O)NC[C@H](O)C(=O)O)c1ccccc1. The van der Waals surface area contributed by atoms with Crippen LogP contribution in [-0.4, -0.2) is 47.4 Å². The number of carboxylic acids is 1. The monoisotopic (exact) mass is 474 g/mol. The van der Waals surface area contributed by atoms with Crippen LogP contribution in [0.25, 0.3) is 11.1 Å². The van der Waals surface area contributed by atoms with E-state index in [9.17, 15) is 19.5 Å². The number of hydrogen-bond donors (Lipinski definition) is 4. The van der Waals surface area contributed by atoms with E-state index < -0.39 is 36.2 Å². The van der Waals surface area contributed by atoms with Gasteiger partial charge < -0.3 is 25.6 Å². The largest absolute Gasteiger partial charge is 0.479 e. The van der Waals surface area contributed by atoms with Crippen LogP contribution in [0.1, 0.15) is 29.5 Å². The molecule has 0 bridgehead atoms. The zero-order valence-corrected chi connectivity index (χ0v) is 19.1. The van der Waals surface area contributed by atoms with Crippen LogP contribution in [0.2, 0.25) is 0 Å². The number of amides is 2. The minimum Gasteiger partial charge on any atom is -0.479 e. The topological polar surface area (TPSA) is 125 Å². The number of benzene rings is 3. The van der Waals surface area contributed by atoms with Crippen molar-refractivity contribution in [1.29, 1.82) is 0 Å². The van der Waals surface area contributed by atoms with E-state index in [-0.39, 0.29) is 12.5 Å². The second-order valence-electron chi connectivity index (χ2n) is 8.51. The predicted octanol–water partition coefficient (Wildman–Crippen LogP) is 3.00. The average molecular weight is 475 g/mol. The smallest absolute Gasteiger partial charge is 0.408 e. The molecule has 0 saturated carbocycles. The molecule has 0 radical (unpaired) electrons. The molecule has 0 aromatic heterocycles. The Morgan fingerprint density at radius 3 is 2.03 bits per heavy atom. The molecule has 8 nitrogen and oxygen atoms in total. The maximum Gasteiger partial charge on any atom is 0.408 e. The molecule has 3 aromatic rings. The first kappa shape index (κ1) is 24.0. The number of aliphatic hydroxyl groups is 1. The molecule has 1 aliphatic rings. The highest BCUT2D eigenvalue weighted by Gasteiger charge is 2.38. The fourth-order valence-corrected chi connectivity index (χ4v) is 4.32. The molecule has 3 aromatic carbocycles. The van der Waals surface area contributed by atoms with Gasteiger partial charge in [0, 0.05) is 5.92 Å². The van der Waals surface area contributed by atoms with Crippen LogP contribution in [0, 0.1) is 0 Å². The van der Waals surface area contributed by atoms with Gasteiger partial charge in [-0.25, -0.2) is 9.59 Å². The van der Waals surface area contributed by atoms with Crippen molar-refractivity contribution in [3.63, 3.8) is 0 Å². The summed E-state index contributed by atoms with van der Waals surface area (Å²) in [5, 5.41) is 23.4. The number of rotatable bonds is 8. The Morgan fingerprint density at radius 1 is 0.914 bits per heavy atom. The van der Waals surface area contributed by atoms with Crippen molar-refractivity contribution < 1.29 is 29.3 Å². The number of hydrogen-bond acceptors (Lipinski definition) is 5. The Labute approximate surface area is 202 Å². The number of nitrogens with one attached hydrogen (secondary N) is 2. The molecule has 2 amide bonds. The summed E-state index contributed by atoms with van der Waals surface area (Å²) in [4.78, 5) is 36.8. The van der Waals surface area contributed by atoms with Crippen LogP contribution in [-0.2, 0) is 19.9 Å². The summed E-state index contributed by atoms with van der Waals surface area (Å²) in [7, 11) is 0. The van der Waals surface area contributed by atoms with Crippen molar-refractivity contribution in [2.24, 2.45) is 0 Å². The first-order valence-electron chi connectivity index (χ1n) is 11.2. The van der Waals surface area contributed by atoms with Gasteiger partial charge in [-0.1, -0.05) is 78.9 Å². The summed E-state index contributed by atoms with van der Waals surface area (Å²) >= 11 is 0. The number of alkyl carbamates (subject to hydrolysis) is 1. The molecule has 2 atom stereocenters. The van der Waals surface area contributed by atoms with E-state index in [1.807, 2.05) is 48.5 Å². The summed E-state index contributed by atoms with van der Waals surface area (Å²) in [5.74, 6) is -2.29. The molecular formula is C27H26N2O6. The van der Waals surface area contributed by atoms with Gasteiger partial charge in [0.2, 0.25) is 5.91 Å². The zero-order valence-electron chi connectivity index (χ0n) is 19.1. The molecule has 8 heteroatoms. The molecule has 0 heterocycles. The summed E-state index contributed by atoms with van der Waals surface area (Å²) in [6, 6.07) is 24.4. The lowest BCUT2D eigenvalue weighted by atomic mass is 9.91. The lowest BCUT2D eigenvalue weighted by Gasteiger charge is -2.30. The quantitative estimate of drug-likeness (QED) is 0.398. The molecule has 4 N–H and O–H groups in total. The Hall–Kier alpha value is -4.17. The average Bonchev–Trinajstić information content (AvgIpc) is 3.19. The van der Waals surface area contributed by atoms with Gasteiger partial charge in [-0.2, -0.15) is 0 Å². The second kappa shape index (κ2) is 9.99. The molecule has 1 aliphatic carbocycles. The molecular weight excluding hydrogens is 448 g/mol. The number of carboxylic acid groups (broad SMARTS) is 1. The molecule has 0 saturated heterocycles. The van der Waals surface area contributed by atoms with Crippen LogP contribution in [0.5, 0.6) is 0 Å². The lowest BCUT2D eigenvalue weighted by molar-refractivity contribution is -0.146. The number of fused-ring (bicyclic) bond motifs is 3. The first-order valence-corrected chi connectivity index (χ1v) is 11.2. The number of aliphatic hydroxyl groups excluding tert-OH is 1. The third kappa shape index (κ3) is 4.88. The molecule has 180 valence electrons. The van der Waals surface area contributed by atoms with E-state index in [0.717, 1.165) is 22.3 Å². The molecule has 1 unspecified atom stereocenters. The van der Waals surface area contributed by atoms with E-state index in [1.165, 1.54) is 6.92 Å². The molecule has 0 spiro atoms. The Kier molecular flexibility index (Phi) is 6.84. The predicted molar refractivity (Wildman–Crippen MR) is 129 cm³/mol. The van der Waals surface area contributed by atoms with E-state index in [2.05, 4.69) is 10.6 Å². The summed E-state index contributed by atoms with van der Waals surface area (Å²) < 4.78 is 5.60. The highest BCUT2D eigenvalue weighted by atomic mass is 16.5. The van der Waals surface area contributed by atoms with E-state index in [4.69, 9.17) is 9.84 Å². The van der Waals surface area contributed by atoms with E-state index in [0.29, 0.717) is 5.56 Å². The molecule has 35 heavy (non-hydrogen) atoms. The van der Waals surface area contributed by atoms with Crippen LogP contribution >= 0.6 is 0 Å². The van der Waals surface area contributed by atoms with Crippen LogP contribution in [0.4, 0.5) is 4.79 Å². The van der Waals surface area contributed by atoms with Gasteiger partial charge in [-0.3, -0.25) is 4.79 Å². The standard InChI is InChI=1S/C27H26N2O6/c1-27(17-9-3-2-4-10-17,25(33)28-15-23(30)24(31)32)29-26(34)35-16-22-20-13-7-5-11-18(20)19-12-6-8-14-21(19)22/h2-14,22-23,30H,15-16H2,1H3,(H,28,33)(H,29,34)(H,31,32)/t23-,27?/m0/s1. The van der Waals surface area contributed by atoms with Gasteiger partial charge in [0.15, 0.2) is 6.10 Å². The maximum atomic E-state index is 13.0. The van der Waals surface area contributed by atoms with Gasteiger partial charge in [-0.15, -0.1) is 0 Å². The Morgan fingerprint density at radius 2 is 1.46 bits per heavy atom. The molecule has 4 rings (SSSR count). The molecule has 0 fully saturated rings. The van der Waals surface area contributed by atoms with Gasteiger partial charge >= 0.3 is 12.1 Å². The van der Waals surface area contributed by atoms with Crippen molar-refractivity contribution in [1.82, 2.24) is 10.6 Å². The Balaban J connectivity index is 1.50. The van der Waals surface area contributed by atoms with Crippen molar-refractivity contribution in [2.45, 2.75) is 24.5 Å². The number of aliphatic carboxylic acids is 1. The van der Waals surface area contributed by atoms with Gasteiger partial charge in [-0.05, 0) is 34.7 Å². The minimum absolute atomic E-state index is 0.0735. The normalized spacial score (nSPS) is 14.7. The number of carbonyl (C=O) groups is 3. The van der Waals surface area contributed by atoms with Crippen molar-refractivity contribution in [2.75, 3.05) is 13.2 Å². The second-order valence-corrected chi connectivity index (χ2v) is 8.51. The van der Waals surface area contributed by atoms with E-state index in [1.54, 1.807) is 30.3 Å². The van der Waals surface area contributed by atoms with Gasteiger partial charge in [0.05, 0.1) is 6.54 Å². The van der Waals surface area contributed by atoms with E-state index >= 15 is 0 Å². The third-order valence-electron chi connectivity index (χ3n) is 6.24. The highest BCUT2D eigenvalue weighted by molar-refractivity contribution is 5.91. The van der Waals surface area contributed by atoms with Crippen LogP contribution in [0.15, 0.2) is 78.9 Å². The third-order valence-corrected chi connectivity index (χ3v) is 6.24. The van der Waals surface area contributed by atoms with Crippen molar-refractivity contribution in [3.8, 4) is 11.1 Å². The van der Waals surface area contributed by atoms with Crippen molar-refractivity contribution in [3.05, 3.63) is 95.6 Å². The fraction of sp³-hybridized carbons (Fsp3) is 0.222. The van der Waals surface area contributed by atoms with Crippen LogP contribution in [0.3, 0.4) is 0 Å². The van der Waals surface area contributed by atoms with Gasteiger partial charge in [0.1, 0.15) is 12.1 Å². The van der Waals surface area contributed by atoms with Gasteiger partial charge in [0.25, 0.3) is 0 Å². The summed E-state index contributed by atoms with van der Waals surface area (Å²) in [6.45, 7) is 1.05. The van der Waals surface area contributed by atoms with Crippen LogP contribution < -0.4 is 10.6 Å². The summed E-state index contributed by atoms with van der Waals surface area (Å²) in [5.41, 5.74) is 3.23. The maximum absolute atomic E-state index is 13.0. The summed E-state index contributed by atoms with van der Waals surface area (Å²) in [6.07, 6.45) is -2.57. The zero-order chi connectivity index (χ0) is 25.0. The Bertz CT molecular complexity index is 1200. The number of ether oxygens (including phenoxy) is 1. The van der Waals surface area contributed by atoms with Crippen molar-refractivity contribution >= 4 is 18.0 Å². The highest BCUT2D eigenvalue weighted by Crippen LogP contribution is 2.44. The molecule has 0 aliphatic heterocycles. The fourth-order valence-electron chi connectivity index (χ4n) is 4.32. The minimum atomic E-state index is -1.77. The number of carbonyl (C=O) groups excluding carboxylic acids is 2. The first-order chi connectivity index (χ1) is 16.8. The lowest BCUT2D eigenvalue weighted by Crippen LogP contribution is -2.55.